The minimum atomic E-state index is -0.506. The molecule has 0 bridgehead atoms. The summed E-state index contributed by atoms with van der Waals surface area (Å²) >= 11 is 0. The van der Waals surface area contributed by atoms with Crippen molar-refractivity contribution in [2.24, 2.45) is 0 Å². The number of rotatable bonds is 5. The molecule has 0 fully saturated rings. The SMILES string of the molecule is CCOC(=O)C(=N)CCc1ccccc1. The summed E-state index contributed by atoms with van der Waals surface area (Å²) in [6, 6.07) is 9.81. The van der Waals surface area contributed by atoms with Crippen molar-refractivity contribution in [1.82, 2.24) is 0 Å². The first-order valence-corrected chi connectivity index (χ1v) is 5.02. The van der Waals surface area contributed by atoms with Gasteiger partial charge in [0.05, 0.1) is 6.61 Å². The van der Waals surface area contributed by atoms with E-state index in [1.54, 1.807) is 6.92 Å². The molecule has 1 aromatic rings. The molecule has 1 rings (SSSR count). The average molecular weight is 205 g/mol. The predicted molar refractivity (Wildman–Crippen MR) is 59.1 cm³/mol. The van der Waals surface area contributed by atoms with Crippen LogP contribution in [0.2, 0.25) is 0 Å². The molecule has 0 aliphatic carbocycles. The fourth-order valence-electron chi connectivity index (χ4n) is 1.23. The van der Waals surface area contributed by atoms with Crippen molar-refractivity contribution in [2.75, 3.05) is 6.61 Å². The molecule has 3 nitrogen and oxygen atoms in total. The molecule has 1 aromatic carbocycles. The van der Waals surface area contributed by atoms with Crippen LogP contribution >= 0.6 is 0 Å². The maximum atomic E-state index is 11.1. The molecule has 0 unspecified atom stereocenters. The highest BCUT2D eigenvalue weighted by atomic mass is 16.5. The Morgan fingerprint density at radius 1 is 1.33 bits per heavy atom. The van der Waals surface area contributed by atoms with Crippen molar-refractivity contribution < 1.29 is 9.53 Å². The number of carbonyl (C=O) groups is 1. The molecule has 0 aromatic heterocycles. The van der Waals surface area contributed by atoms with Crippen LogP contribution in [0, 0.1) is 5.41 Å². The summed E-state index contributed by atoms with van der Waals surface area (Å²) in [4.78, 5) is 11.1. The summed E-state index contributed by atoms with van der Waals surface area (Å²) in [5.41, 5.74) is 1.17. The van der Waals surface area contributed by atoms with Gasteiger partial charge in [-0.1, -0.05) is 30.3 Å². The van der Waals surface area contributed by atoms with Crippen LogP contribution in [0.15, 0.2) is 30.3 Å². The van der Waals surface area contributed by atoms with Gasteiger partial charge in [0.25, 0.3) is 0 Å². The molecule has 0 atom stereocenters. The number of nitrogens with one attached hydrogen (secondary N) is 1. The number of carbonyl (C=O) groups excluding carboxylic acids is 1. The van der Waals surface area contributed by atoms with E-state index >= 15 is 0 Å². The van der Waals surface area contributed by atoms with Crippen molar-refractivity contribution in [3.05, 3.63) is 35.9 Å². The van der Waals surface area contributed by atoms with Gasteiger partial charge < -0.3 is 4.74 Å². The highest BCUT2D eigenvalue weighted by molar-refractivity contribution is 6.35. The highest BCUT2D eigenvalue weighted by Gasteiger charge is 2.09. The normalized spacial score (nSPS) is 9.67. The summed E-state index contributed by atoms with van der Waals surface area (Å²) < 4.78 is 4.73. The van der Waals surface area contributed by atoms with Gasteiger partial charge in [0, 0.05) is 6.42 Å². The Hall–Kier alpha value is -1.64. The van der Waals surface area contributed by atoms with E-state index < -0.39 is 5.97 Å². The van der Waals surface area contributed by atoms with Gasteiger partial charge in [0.2, 0.25) is 0 Å². The Bertz CT molecular complexity index is 333. The van der Waals surface area contributed by atoms with Crippen LogP contribution in [0.5, 0.6) is 0 Å². The Labute approximate surface area is 89.6 Å². The number of hydrogen-bond acceptors (Lipinski definition) is 3. The molecule has 3 heteroatoms. The molecule has 0 aliphatic rings. The van der Waals surface area contributed by atoms with Crippen molar-refractivity contribution in [3.63, 3.8) is 0 Å². The van der Waals surface area contributed by atoms with E-state index in [1.165, 1.54) is 0 Å². The molecule has 0 aliphatic heterocycles. The summed E-state index contributed by atoms with van der Waals surface area (Å²) in [6.07, 6.45) is 1.14. The lowest BCUT2D eigenvalue weighted by Gasteiger charge is -2.03. The van der Waals surface area contributed by atoms with Crippen molar-refractivity contribution >= 4 is 11.7 Å². The third kappa shape index (κ3) is 3.94. The van der Waals surface area contributed by atoms with Crippen molar-refractivity contribution in [1.29, 1.82) is 5.41 Å². The predicted octanol–water partition coefficient (Wildman–Crippen LogP) is 2.20. The average Bonchev–Trinajstić information content (AvgIpc) is 2.27. The van der Waals surface area contributed by atoms with Crippen LogP contribution in [-0.2, 0) is 16.0 Å². The van der Waals surface area contributed by atoms with Gasteiger partial charge in [-0.25, -0.2) is 4.79 Å². The molecule has 0 amide bonds. The first kappa shape index (κ1) is 11.4. The summed E-state index contributed by atoms with van der Waals surface area (Å²) in [7, 11) is 0. The van der Waals surface area contributed by atoms with Crippen LogP contribution in [-0.4, -0.2) is 18.3 Å². The summed E-state index contributed by atoms with van der Waals surface area (Å²) in [5.74, 6) is -0.506. The smallest absolute Gasteiger partial charge is 0.351 e. The van der Waals surface area contributed by atoms with Gasteiger partial charge >= 0.3 is 5.97 Å². The molecule has 80 valence electrons. The number of hydrogen-bond donors (Lipinski definition) is 1. The lowest BCUT2D eigenvalue weighted by Crippen LogP contribution is -2.16. The van der Waals surface area contributed by atoms with Crippen molar-refractivity contribution in [2.45, 2.75) is 19.8 Å². The van der Waals surface area contributed by atoms with Gasteiger partial charge in [-0.05, 0) is 18.9 Å². The van der Waals surface area contributed by atoms with Crippen LogP contribution < -0.4 is 0 Å². The molecular formula is C12H15NO2. The first-order valence-electron chi connectivity index (χ1n) is 5.02. The summed E-state index contributed by atoms with van der Waals surface area (Å²) in [5, 5.41) is 7.47. The number of esters is 1. The van der Waals surface area contributed by atoms with E-state index in [-0.39, 0.29) is 5.71 Å². The van der Waals surface area contributed by atoms with Gasteiger partial charge in [-0.3, -0.25) is 5.41 Å². The third-order valence-electron chi connectivity index (χ3n) is 2.03. The molecule has 0 spiro atoms. The zero-order valence-corrected chi connectivity index (χ0v) is 8.82. The number of aryl methyl sites for hydroxylation is 1. The highest BCUT2D eigenvalue weighted by Crippen LogP contribution is 2.03. The third-order valence-corrected chi connectivity index (χ3v) is 2.03. The van der Waals surface area contributed by atoms with Gasteiger partial charge in [-0.2, -0.15) is 0 Å². The Kier molecular flexibility index (Phi) is 4.54. The monoisotopic (exact) mass is 205 g/mol. The number of benzene rings is 1. The zero-order chi connectivity index (χ0) is 11.1. The second kappa shape index (κ2) is 5.96. The Balaban J connectivity index is 2.38. The molecule has 1 N–H and O–H groups in total. The van der Waals surface area contributed by atoms with E-state index in [1.807, 2.05) is 30.3 Å². The van der Waals surface area contributed by atoms with Gasteiger partial charge in [-0.15, -0.1) is 0 Å². The van der Waals surface area contributed by atoms with Crippen LogP contribution in [0.25, 0.3) is 0 Å². The fourth-order valence-corrected chi connectivity index (χ4v) is 1.23. The molecule has 15 heavy (non-hydrogen) atoms. The fraction of sp³-hybridized carbons (Fsp3) is 0.333. The van der Waals surface area contributed by atoms with E-state index in [4.69, 9.17) is 10.1 Å². The van der Waals surface area contributed by atoms with Gasteiger partial charge in [0.1, 0.15) is 5.71 Å². The molecule has 0 heterocycles. The molecule has 0 saturated carbocycles. The number of ether oxygens (including phenoxy) is 1. The Morgan fingerprint density at radius 3 is 2.60 bits per heavy atom. The molecule has 0 saturated heterocycles. The standard InChI is InChI=1S/C12H15NO2/c1-2-15-12(14)11(13)9-8-10-6-4-3-5-7-10/h3-7,13H,2,8-9H2,1H3. The minimum absolute atomic E-state index is 0.0423. The van der Waals surface area contributed by atoms with E-state index in [9.17, 15) is 4.79 Å². The first-order chi connectivity index (χ1) is 7.24. The molecule has 0 radical (unpaired) electrons. The maximum Gasteiger partial charge on any atom is 0.351 e. The zero-order valence-electron chi connectivity index (χ0n) is 8.82. The van der Waals surface area contributed by atoms with E-state index in [0.29, 0.717) is 19.4 Å². The second-order valence-corrected chi connectivity index (χ2v) is 3.18. The van der Waals surface area contributed by atoms with Crippen LogP contribution in [0.1, 0.15) is 18.9 Å². The second-order valence-electron chi connectivity index (χ2n) is 3.18. The van der Waals surface area contributed by atoms with Crippen LogP contribution in [0.4, 0.5) is 0 Å². The topological polar surface area (TPSA) is 50.2 Å². The largest absolute Gasteiger partial charge is 0.462 e. The lowest BCUT2D eigenvalue weighted by molar-refractivity contribution is -0.135. The Morgan fingerprint density at radius 2 is 2.00 bits per heavy atom. The van der Waals surface area contributed by atoms with E-state index in [2.05, 4.69) is 0 Å². The minimum Gasteiger partial charge on any atom is -0.462 e. The van der Waals surface area contributed by atoms with Crippen molar-refractivity contribution in [3.8, 4) is 0 Å². The maximum absolute atomic E-state index is 11.1. The van der Waals surface area contributed by atoms with Crippen LogP contribution in [0.3, 0.4) is 0 Å². The lowest BCUT2D eigenvalue weighted by atomic mass is 10.1. The molecular weight excluding hydrogens is 190 g/mol. The summed E-state index contributed by atoms with van der Waals surface area (Å²) in [6.45, 7) is 2.06. The quantitative estimate of drug-likeness (QED) is 0.591. The van der Waals surface area contributed by atoms with E-state index in [0.717, 1.165) is 5.56 Å². The van der Waals surface area contributed by atoms with Gasteiger partial charge in [0.15, 0.2) is 0 Å².